The molecule has 0 amide bonds. The van der Waals surface area contributed by atoms with Gasteiger partial charge in [0, 0.05) is 38.2 Å². The van der Waals surface area contributed by atoms with Gasteiger partial charge in [-0.25, -0.2) is 13.1 Å². The molecule has 1 fully saturated rings. The number of benzene rings is 1. The van der Waals surface area contributed by atoms with Crippen LogP contribution < -0.4 is 0 Å². The summed E-state index contributed by atoms with van der Waals surface area (Å²) in [4.78, 5) is 2.13. The summed E-state index contributed by atoms with van der Waals surface area (Å²) in [6.45, 7) is 2.18. The van der Waals surface area contributed by atoms with Crippen molar-refractivity contribution in [2.45, 2.75) is 11.6 Å². The van der Waals surface area contributed by atoms with E-state index in [1.807, 2.05) is 13.1 Å². The van der Waals surface area contributed by atoms with Crippen LogP contribution in [0.3, 0.4) is 0 Å². The number of hydrogen-bond donors (Lipinski definition) is 0. The minimum atomic E-state index is -3.72. The summed E-state index contributed by atoms with van der Waals surface area (Å²) in [5, 5.41) is 5.05. The van der Waals surface area contributed by atoms with E-state index in [0.29, 0.717) is 54.2 Å². The van der Waals surface area contributed by atoms with Crippen LogP contribution in [-0.2, 0) is 23.7 Å². The third-order valence-electron chi connectivity index (χ3n) is 4.96. The molecule has 0 spiro atoms. The minimum Gasteiger partial charge on any atom is -0.461 e. The van der Waals surface area contributed by atoms with Crippen molar-refractivity contribution in [2.24, 2.45) is 7.05 Å². The number of piperazine rings is 1. The van der Waals surface area contributed by atoms with Gasteiger partial charge in [-0.05, 0) is 42.5 Å². The molecular weight excluding hydrogens is 469 g/mol. The topological polar surface area (TPSA) is 76.5 Å². The first-order valence-electron chi connectivity index (χ1n) is 9.12. The lowest BCUT2D eigenvalue weighted by atomic mass is 10.4. The number of aromatic nitrogens is 3. The Morgan fingerprint density at radius 1 is 1.17 bits per heavy atom. The van der Waals surface area contributed by atoms with Crippen LogP contribution in [0.4, 0.5) is 0 Å². The summed E-state index contributed by atoms with van der Waals surface area (Å²) in [6, 6.07) is 8.06. The Morgan fingerprint density at radius 3 is 2.57 bits per heavy atom. The molecule has 1 saturated heterocycles. The van der Waals surface area contributed by atoms with Crippen LogP contribution in [-0.4, -0.2) is 58.1 Å². The van der Waals surface area contributed by atoms with Crippen LogP contribution in [0.2, 0.25) is 10.0 Å². The van der Waals surface area contributed by atoms with Crippen molar-refractivity contribution in [2.75, 3.05) is 26.2 Å². The second-order valence-corrected chi connectivity index (χ2v) is 10.00. The van der Waals surface area contributed by atoms with Crippen molar-refractivity contribution >= 4 is 45.4 Å². The first-order valence-corrected chi connectivity index (χ1v) is 11.7. The molecule has 1 aliphatic heterocycles. The highest BCUT2D eigenvalue weighted by atomic mass is 35.5. The first-order chi connectivity index (χ1) is 14.3. The van der Waals surface area contributed by atoms with Gasteiger partial charge in [-0.15, -0.1) is 5.10 Å². The van der Waals surface area contributed by atoms with Crippen LogP contribution in [0.15, 0.2) is 45.9 Å². The number of sulfonamides is 1. The van der Waals surface area contributed by atoms with Crippen LogP contribution in [0.1, 0.15) is 0 Å². The Bertz CT molecular complexity index is 1210. The van der Waals surface area contributed by atoms with Gasteiger partial charge in [0.15, 0.2) is 16.4 Å². The van der Waals surface area contributed by atoms with Crippen molar-refractivity contribution in [1.29, 1.82) is 0 Å². The summed E-state index contributed by atoms with van der Waals surface area (Å²) in [5.74, 6) is 1.28. The zero-order valence-electron chi connectivity index (χ0n) is 16.0. The number of hydrogen-bond acceptors (Lipinski definition) is 6. The van der Waals surface area contributed by atoms with E-state index in [4.69, 9.17) is 39.8 Å². The lowest BCUT2D eigenvalue weighted by Crippen LogP contribution is -2.49. The van der Waals surface area contributed by atoms with Gasteiger partial charge in [0.1, 0.15) is 4.90 Å². The monoisotopic (exact) mass is 487 g/mol. The number of furan rings is 1. The van der Waals surface area contributed by atoms with E-state index in [1.54, 1.807) is 27.6 Å². The number of halogens is 2. The van der Waals surface area contributed by atoms with Gasteiger partial charge in [-0.1, -0.05) is 23.2 Å². The van der Waals surface area contributed by atoms with Crippen LogP contribution >= 0.6 is 35.4 Å². The Hall–Kier alpha value is -1.69. The van der Waals surface area contributed by atoms with Gasteiger partial charge < -0.3 is 8.98 Å². The molecule has 0 bridgehead atoms. The summed E-state index contributed by atoms with van der Waals surface area (Å²) in [5.41, 5.74) is 0. The lowest BCUT2D eigenvalue weighted by Gasteiger charge is -2.33. The fourth-order valence-electron chi connectivity index (χ4n) is 3.32. The summed E-state index contributed by atoms with van der Waals surface area (Å²) >= 11 is 17.6. The molecule has 1 aliphatic rings. The van der Waals surface area contributed by atoms with E-state index in [0.717, 1.165) is 0 Å². The highest BCUT2D eigenvalue weighted by Crippen LogP contribution is 2.28. The molecule has 8 nitrogen and oxygen atoms in total. The van der Waals surface area contributed by atoms with Crippen molar-refractivity contribution in [3.8, 4) is 11.6 Å². The third-order valence-corrected chi connectivity index (χ3v) is 8.06. The largest absolute Gasteiger partial charge is 0.461 e. The normalized spacial score (nSPS) is 16.2. The lowest BCUT2D eigenvalue weighted by molar-refractivity contribution is 0.144. The molecule has 2 aromatic heterocycles. The van der Waals surface area contributed by atoms with Crippen molar-refractivity contribution < 1.29 is 12.8 Å². The molecule has 0 N–H and O–H groups in total. The van der Waals surface area contributed by atoms with Gasteiger partial charge in [-0.2, -0.15) is 4.31 Å². The molecule has 0 aliphatic carbocycles. The molecule has 1 aromatic carbocycles. The highest BCUT2D eigenvalue weighted by Gasteiger charge is 2.30. The van der Waals surface area contributed by atoms with E-state index >= 15 is 0 Å². The molecule has 160 valence electrons. The molecular formula is C18H19Cl2N5O3S2. The fourth-order valence-corrected chi connectivity index (χ4v) is 5.66. The Kier molecular flexibility index (Phi) is 6.06. The standard InChI is InChI=1S/C18H19Cl2N5O3S2/c1-22-17(15-3-2-10-28-15)21-25(18(22)29)12-23-6-8-24(9-7-23)30(26,27)16-11-13(19)4-5-14(16)20/h2-5,10-11H,6-9,12H2,1H3. The van der Waals surface area contributed by atoms with Crippen LogP contribution in [0.5, 0.6) is 0 Å². The zero-order valence-corrected chi connectivity index (χ0v) is 19.2. The highest BCUT2D eigenvalue weighted by molar-refractivity contribution is 7.89. The van der Waals surface area contributed by atoms with Gasteiger partial charge >= 0.3 is 0 Å². The molecule has 0 saturated carbocycles. The molecule has 30 heavy (non-hydrogen) atoms. The molecule has 12 heteroatoms. The predicted molar refractivity (Wildman–Crippen MR) is 117 cm³/mol. The Labute approximate surface area is 189 Å². The van der Waals surface area contributed by atoms with Gasteiger partial charge in [0.2, 0.25) is 10.0 Å². The SMILES string of the molecule is Cn1c(-c2ccco2)nn(CN2CCN(S(=O)(=O)c3cc(Cl)ccc3Cl)CC2)c1=S. The Morgan fingerprint density at radius 2 is 1.90 bits per heavy atom. The van der Waals surface area contributed by atoms with E-state index in [-0.39, 0.29) is 9.92 Å². The number of nitrogens with zero attached hydrogens (tertiary/aromatic N) is 5. The van der Waals surface area contributed by atoms with Gasteiger partial charge in [-0.3, -0.25) is 4.90 Å². The maximum atomic E-state index is 13.0. The zero-order chi connectivity index (χ0) is 21.5. The average Bonchev–Trinajstić information content (AvgIpc) is 3.34. The average molecular weight is 488 g/mol. The predicted octanol–water partition coefficient (Wildman–Crippen LogP) is 3.48. The second kappa shape index (κ2) is 8.45. The Balaban J connectivity index is 1.46. The maximum absolute atomic E-state index is 13.0. The van der Waals surface area contributed by atoms with Crippen molar-refractivity contribution in [1.82, 2.24) is 23.6 Å². The minimum absolute atomic E-state index is 0.0279. The van der Waals surface area contributed by atoms with Gasteiger partial charge in [0.25, 0.3) is 0 Å². The summed E-state index contributed by atoms with van der Waals surface area (Å²) < 4.78 is 36.9. The first kappa shape index (κ1) is 21.5. The molecule has 0 unspecified atom stereocenters. The molecule has 3 aromatic rings. The summed E-state index contributed by atoms with van der Waals surface area (Å²) in [6.07, 6.45) is 1.59. The maximum Gasteiger partial charge on any atom is 0.244 e. The van der Waals surface area contributed by atoms with E-state index in [2.05, 4.69) is 10.00 Å². The molecule has 0 atom stereocenters. The second-order valence-electron chi connectivity index (χ2n) is 6.88. The van der Waals surface area contributed by atoms with Gasteiger partial charge in [0.05, 0.1) is 18.0 Å². The van der Waals surface area contributed by atoms with Crippen LogP contribution in [0.25, 0.3) is 11.6 Å². The van der Waals surface area contributed by atoms with E-state index in [9.17, 15) is 8.42 Å². The number of rotatable bonds is 5. The third kappa shape index (κ3) is 4.08. The van der Waals surface area contributed by atoms with E-state index in [1.165, 1.54) is 16.4 Å². The summed E-state index contributed by atoms with van der Waals surface area (Å²) in [7, 11) is -1.88. The van der Waals surface area contributed by atoms with Crippen molar-refractivity contribution in [3.63, 3.8) is 0 Å². The quantitative estimate of drug-likeness (QED) is 0.512. The smallest absolute Gasteiger partial charge is 0.244 e. The molecule has 4 rings (SSSR count). The fraction of sp³-hybridized carbons (Fsp3) is 0.333. The molecule has 3 heterocycles. The van der Waals surface area contributed by atoms with E-state index < -0.39 is 10.0 Å². The molecule has 0 radical (unpaired) electrons. The van der Waals surface area contributed by atoms with Crippen LogP contribution in [0, 0.1) is 4.77 Å². The van der Waals surface area contributed by atoms with Crippen molar-refractivity contribution in [3.05, 3.63) is 51.4 Å².